The zero-order chi connectivity index (χ0) is 12.3. The van der Waals surface area contributed by atoms with Gasteiger partial charge in [0, 0.05) is 17.3 Å². The second-order valence-electron chi connectivity index (χ2n) is 3.46. The molecule has 0 aliphatic rings. The van der Waals surface area contributed by atoms with Crippen molar-refractivity contribution in [3.63, 3.8) is 0 Å². The molecule has 0 unspecified atom stereocenters. The van der Waals surface area contributed by atoms with Crippen molar-refractivity contribution in [1.82, 2.24) is 9.97 Å². The van der Waals surface area contributed by atoms with Crippen molar-refractivity contribution in [3.8, 4) is 11.6 Å². The van der Waals surface area contributed by atoms with Gasteiger partial charge in [0.25, 0.3) is 0 Å². The van der Waals surface area contributed by atoms with E-state index in [0.29, 0.717) is 11.6 Å². The van der Waals surface area contributed by atoms with Gasteiger partial charge in [-0.3, -0.25) is 0 Å². The minimum absolute atomic E-state index is 0.187. The van der Waals surface area contributed by atoms with E-state index < -0.39 is 0 Å². The van der Waals surface area contributed by atoms with E-state index >= 15 is 0 Å². The maximum atomic E-state index is 6.02. The molecule has 0 aliphatic heterocycles. The van der Waals surface area contributed by atoms with Crippen LogP contribution in [0.4, 0.5) is 5.95 Å². The van der Waals surface area contributed by atoms with Gasteiger partial charge in [0.15, 0.2) is 0 Å². The number of aromatic nitrogens is 2. The lowest BCUT2D eigenvalue weighted by Crippen LogP contribution is -1.96. The second-order valence-corrected chi connectivity index (χ2v) is 3.87. The highest BCUT2D eigenvalue weighted by atomic mass is 35.5. The SMILES string of the molecule is CCc1cc(Oc2ccnc(N)n2)ccc1Cl. The molecule has 0 aliphatic carbocycles. The highest BCUT2D eigenvalue weighted by Gasteiger charge is 2.03. The average molecular weight is 250 g/mol. The maximum Gasteiger partial charge on any atom is 0.224 e. The first-order chi connectivity index (χ1) is 8.19. The van der Waals surface area contributed by atoms with Crippen LogP contribution in [0, 0.1) is 0 Å². The van der Waals surface area contributed by atoms with E-state index in [4.69, 9.17) is 22.1 Å². The predicted molar refractivity (Wildman–Crippen MR) is 67.3 cm³/mol. The van der Waals surface area contributed by atoms with Crippen LogP contribution in [0.3, 0.4) is 0 Å². The number of anilines is 1. The standard InChI is InChI=1S/C12H12ClN3O/c1-2-8-7-9(3-4-10(8)13)17-11-5-6-15-12(14)16-11/h3-7H,2H2,1H3,(H2,14,15,16). The molecule has 88 valence electrons. The van der Waals surface area contributed by atoms with Gasteiger partial charge in [0.2, 0.25) is 11.8 Å². The molecule has 1 aromatic heterocycles. The van der Waals surface area contributed by atoms with E-state index in [1.807, 2.05) is 13.0 Å². The number of rotatable bonds is 3. The molecule has 0 spiro atoms. The van der Waals surface area contributed by atoms with Gasteiger partial charge in [-0.15, -0.1) is 0 Å². The molecular weight excluding hydrogens is 238 g/mol. The summed E-state index contributed by atoms with van der Waals surface area (Å²) < 4.78 is 5.57. The van der Waals surface area contributed by atoms with Crippen LogP contribution in [-0.2, 0) is 6.42 Å². The van der Waals surface area contributed by atoms with Gasteiger partial charge in [-0.2, -0.15) is 4.98 Å². The summed E-state index contributed by atoms with van der Waals surface area (Å²) in [5.74, 6) is 1.29. The summed E-state index contributed by atoms with van der Waals surface area (Å²) in [6.45, 7) is 2.04. The van der Waals surface area contributed by atoms with E-state index in [1.54, 1.807) is 24.4 Å². The third-order valence-corrected chi connectivity index (χ3v) is 2.64. The number of ether oxygens (including phenoxy) is 1. The minimum atomic E-state index is 0.187. The number of nitrogens with two attached hydrogens (primary N) is 1. The van der Waals surface area contributed by atoms with Gasteiger partial charge in [-0.05, 0) is 30.2 Å². The van der Waals surface area contributed by atoms with E-state index in [0.717, 1.165) is 17.0 Å². The number of halogens is 1. The summed E-state index contributed by atoms with van der Waals surface area (Å²) in [4.78, 5) is 7.75. The Morgan fingerprint density at radius 3 is 2.88 bits per heavy atom. The van der Waals surface area contributed by atoms with Crippen molar-refractivity contribution in [1.29, 1.82) is 0 Å². The first-order valence-corrected chi connectivity index (χ1v) is 5.61. The molecule has 0 radical (unpaired) electrons. The molecule has 0 atom stereocenters. The molecular formula is C12H12ClN3O. The Labute approximate surface area is 104 Å². The van der Waals surface area contributed by atoms with Crippen LogP contribution in [0.15, 0.2) is 30.5 Å². The summed E-state index contributed by atoms with van der Waals surface area (Å²) in [5.41, 5.74) is 6.50. The van der Waals surface area contributed by atoms with Gasteiger partial charge in [-0.25, -0.2) is 4.98 Å². The van der Waals surface area contributed by atoms with Crippen molar-refractivity contribution in [3.05, 3.63) is 41.0 Å². The lowest BCUT2D eigenvalue weighted by Gasteiger charge is -2.07. The Bertz CT molecular complexity index is 531. The molecule has 17 heavy (non-hydrogen) atoms. The number of benzene rings is 1. The topological polar surface area (TPSA) is 61.0 Å². The molecule has 4 nitrogen and oxygen atoms in total. The Hall–Kier alpha value is -1.81. The zero-order valence-corrected chi connectivity index (χ0v) is 10.1. The summed E-state index contributed by atoms with van der Waals surface area (Å²) >= 11 is 6.02. The van der Waals surface area contributed by atoms with E-state index in [-0.39, 0.29) is 5.95 Å². The summed E-state index contributed by atoms with van der Waals surface area (Å²) in [6, 6.07) is 7.14. The van der Waals surface area contributed by atoms with Crippen LogP contribution in [0.25, 0.3) is 0 Å². The lowest BCUT2D eigenvalue weighted by atomic mass is 10.1. The van der Waals surface area contributed by atoms with Crippen molar-refractivity contribution in [2.45, 2.75) is 13.3 Å². The molecule has 2 aromatic rings. The van der Waals surface area contributed by atoms with Crippen LogP contribution in [0.2, 0.25) is 5.02 Å². The highest BCUT2D eigenvalue weighted by Crippen LogP contribution is 2.25. The molecule has 1 aromatic carbocycles. The van der Waals surface area contributed by atoms with Crippen molar-refractivity contribution in [2.75, 3.05) is 5.73 Å². The van der Waals surface area contributed by atoms with Gasteiger partial charge < -0.3 is 10.5 Å². The fourth-order valence-corrected chi connectivity index (χ4v) is 1.67. The summed E-state index contributed by atoms with van der Waals surface area (Å²) in [6.07, 6.45) is 2.40. The number of nitrogen functional groups attached to an aromatic ring is 1. The fourth-order valence-electron chi connectivity index (χ4n) is 1.42. The molecule has 1 heterocycles. The monoisotopic (exact) mass is 249 g/mol. The van der Waals surface area contributed by atoms with E-state index in [1.165, 1.54) is 0 Å². The normalized spacial score (nSPS) is 10.2. The largest absolute Gasteiger partial charge is 0.439 e. The van der Waals surface area contributed by atoms with Crippen LogP contribution >= 0.6 is 11.6 Å². The van der Waals surface area contributed by atoms with Crippen molar-refractivity contribution < 1.29 is 4.74 Å². The van der Waals surface area contributed by atoms with Crippen LogP contribution in [0.1, 0.15) is 12.5 Å². The van der Waals surface area contributed by atoms with Crippen LogP contribution < -0.4 is 10.5 Å². The fraction of sp³-hybridized carbons (Fsp3) is 0.167. The van der Waals surface area contributed by atoms with Gasteiger partial charge in [-0.1, -0.05) is 18.5 Å². The van der Waals surface area contributed by atoms with Gasteiger partial charge in [0.1, 0.15) is 5.75 Å². The molecule has 5 heteroatoms. The van der Waals surface area contributed by atoms with Gasteiger partial charge >= 0.3 is 0 Å². The summed E-state index contributed by atoms with van der Waals surface area (Å²) in [5, 5.41) is 0.738. The lowest BCUT2D eigenvalue weighted by molar-refractivity contribution is 0.462. The second kappa shape index (κ2) is 5.01. The zero-order valence-electron chi connectivity index (χ0n) is 9.35. The predicted octanol–water partition coefficient (Wildman–Crippen LogP) is 3.07. The number of nitrogens with zero attached hydrogens (tertiary/aromatic N) is 2. The van der Waals surface area contributed by atoms with E-state index in [9.17, 15) is 0 Å². The van der Waals surface area contributed by atoms with Gasteiger partial charge in [0.05, 0.1) is 0 Å². The Morgan fingerprint density at radius 1 is 1.35 bits per heavy atom. The molecule has 0 bridgehead atoms. The van der Waals surface area contributed by atoms with Crippen molar-refractivity contribution >= 4 is 17.5 Å². The minimum Gasteiger partial charge on any atom is -0.439 e. The Morgan fingerprint density at radius 2 is 2.18 bits per heavy atom. The van der Waals surface area contributed by atoms with Crippen molar-refractivity contribution in [2.24, 2.45) is 0 Å². The molecule has 0 saturated carbocycles. The van der Waals surface area contributed by atoms with E-state index in [2.05, 4.69) is 9.97 Å². The third-order valence-electron chi connectivity index (χ3n) is 2.27. The molecule has 2 rings (SSSR count). The quantitative estimate of drug-likeness (QED) is 0.908. The molecule has 0 saturated heterocycles. The first-order valence-electron chi connectivity index (χ1n) is 5.24. The Balaban J connectivity index is 2.24. The molecule has 2 N–H and O–H groups in total. The third kappa shape index (κ3) is 2.85. The highest BCUT2D eigenvalue weighted by molar-refractivity contribution is 6.31. The summed E-state index contributed by atoms with van der Waals surface area (Å²) in [7, 11) is 0. The maximum absolute atomic E-state index is 6.02. The number of aryl methyl sites for hydroxylation is 1. The van der Waals surface area contributed by atoms with Crippen LogP contribution in [-0.4, -0.2) is 9.97 Å². The first kappa shape index (κ1) is 11.7. The smallest absolute Gasteiger partial charge is 0.224 e. The Kier molecular flexibility index (Phi) is 3.44. The number of hydrogen-bond donors (Lipinski definition) is 1. The number of hydrogen-bond acceptors (Lipinski definition) is 4. The average Bonchev–Trinajstić information content (AvgIpc) is 2.32. The molecule has 0 amide bonds. The van der Waals surface area contributed by atoms with Crippen LogP contribution in [0.5, 0.6) is 11.6 Å². The molecule has 0 fully saturated rings.